The van der Waals surface area contributed by atoms with Crippen LogP contribution in [-0.4, -0.2) is 11.3 Å². The van der Waals surface area contributed by atoms with Crippen molar-refractivity contribution in [1.82, 2.24) is 0 Å². The molecule has 0 radical (unpaired) electrons. The maximum Gasteiger partial charge on any atom is 0.0527 e. The molecule has 0 heterocycles. The zero-order valence-corrected chi connectivity index (χ0v) is 10.0. The summed E-state index contributed by atoms with van der Waals surface area (Å²) in [4.78, 5) is 0. The van der Waals surface area contributed by atoms with E-state index >= 15 is 0 Å². The summed E-state index contributed by atoms with van der Waals surface area (Å²) in [5.41, 5.74) is 0.443. The fourth-order valence-corrected chi connectivity index (χ4v) is 5.32. The first-order chi connectivity index (χ1) is 6.72. The van der Waals surface area contributed by atoms with Crippen molar-refractivity contribution < 1.29 is 0 Å². The molecule has 0 aromatic rings. The quantitative estimate of drug-likeness (QED) is 0.631. The molecule has 1 unspecified atom stereocenters. The van der Waals surface area contributed by atoms with Crippen LogP contribution in [0.2, 0.25) is 0 Å². The minimum atomic E-state index is 0.234. The summed E-state index contributed by atoms with van der Waals surface area (Å²) in [5, 5.41) is 0.234. The second kappa shape index (κ2) is 3.28. The van der Waals surface area contributed by atoms with Gasteiger partial charge in [-0.2, -0.15) is 0 Å². The SMILES string of the molecule is ClCC(Cl)C12CC3CC(CC(C3)C1)C2. The molecule has 4 rings (SSSR count). The van der Waals surface area contributed by atoms with E-state index in [0.29, 0.717) is 11.3 Å². The van der Waals surface area contributed by atoms with E-state index in [1.807, 2.05) is 0 Å². The third-order valence-electron chi connectivity index (χ3n) is 4.89. The van der Waals surface area contributed by atoms with Gasteiger partial charge in [0.15, 0.2) is 0 Å². The Morgan fingerprint density at radius 1 is 1.00 bits per heavy atom. The van der Waals surface area contributed by atoms with Gasteiger partial charge in [0.2, 0.25) is 0 Å². The summed E-state index contributed by atoms with van der Waals surface area (Å²) in [7, 11) is 0. The summed E-state index contributed by atoms with van der Waals surface area (Å²) in [6, 6.07) is 0. The summed E-state index contributed by atoms with van der Waals surface area (Å²) < 4.78 is 0. The topological polar surface area (TPSA) is 0 Å². The van der Waals surface area contributed by atoms with Crippen LogP contribution < -0.4 is 0 Å². The lowest BCUT2D eigenvalue weighted by Gasteiger charge is -2.58. The van der Waals surface area contributed by atoms with Gasteiger partial charge in [0, 0.05) is 5.88 Å². The molecule has 4 aliphatic rings. The normalized spacial score (nSPS) is 52.3. The molecule has 0 aromatic carbocycles. The third kappa shape index (κ3) is 1.33. The van der Waals surface area contributed by atoms with Gasteiger partial charge in [-0.15, -0.1) is 23.2 Å². The second-order valence-electron chi connectivity index (χ2n) is 5.90. The highest BCUT2D eigenvalue weighted by atomic mass is 35.5. The van der Waals surface area contributed by atoms with Gasteiger partial charge in [-0.05, 0) is 61.7 Å². The first-order valence-corrected chi connectivity index (χ1v) is 6.89. The van der Waals surface area contributed by atoms with Gasteiger partial charge in [0.05, 0.1) is 5.38 Å². The molecule has 2 heteroatoms. The van der Waals surface area contributed by atoms with Crippen LogP contribution in [0.25, 0.3) is 0 Å². The van der Waals surface area contributed by atoms with E-state index < -0.39 is 0 Å². The number of hydrogen-bond donors (Lipinski definition) is 0. The predicted octanol–water partition coefficient (Wildman–Crippen LogP) is 4.05. The summed E-state index contributed by atoms with van der Waals surface area (Å²) in [6.45, 7) is 0. The molecule has 0 aliphatic heterocycles. The van der Waals surface area contributed by atoms with Crippen molar-refractivity contribution in [2.24, 2.45) is 23.2 Å². The van der Waals surface area contributed by atoms with Gasteiger partial charge in [0.1, 0.15) is 0 Å². The van der Waals surface area contributed by atoms with Crippen LogP contribution in [0.3, 0.4) is 0 Å². The number of halogens is 2. The number of alkyl halides is 2. The first kappa shape index (κ1) is 9.78. The zero-order chi connectivity index (χ0) is 9.76. The molecule has 4 saturated carbocycles. The predicted molar refractivity (Wildman–Crippen MR) is 61.0 cm³/mol. The van der Waals surface area contributed by atoms with Crippen molar-refractivity contribution >= 4 is 23.2 Å². The average Bonchev–Trinajstić information content (AvgIpc) is 2.14. The molecule has 0 N–H and O–H groups in total. The Balaban J connectivity index is 1.87. The Morgan fingerprint density at radius 3 is 1.79 bits per heavy atom. The highest BCUT2D eigenvalue weighted by Gasteiger charge is 2.53. The van der Waals surface area contributed by atoms with Gasteiger partial charge in [-0.3, -0.25) is 0 Å². The summed E-state index contributed by atoms with van der Waals surface area (Å²) in [5.74, 6) is 3.62. The van der Waals surface area contributed by atoms with E-state index in [-0.39, 0.29) is 5.38 Å². The molecule has 1 atom stereocenters. The Bertz CT molecular complexity index is 201. The van der Waals surface area contributed by atoms with Crippen LogP contribution >= 0.6 is 23.2 Å². The molecule has 0 saturated heterocycles. The Hall–Kier alpha value is 0.580. The molecule has 14 heavy (non-hydrogen) atoms. The van der Waals surface area contributed by atoms with Crippen LogP contribution in [0.5, 0.6) is 0 Å². The Kier molecular flexibility index (Phi) is 2.29. The van der Waals surface area contributed by atoms with Crippen LogP contribution in [0.15, 0.2) is 0 Å². The molecule has 0 nitrogen and oxygen atoms in total. The molecule has 0 amide bonds. The van der Waals surface area contributed by atoms with Crippen molar-refractivity contribution in [2.75, 3.05) is 5.88 Å². The smallest absolute Gasteiger partial charge is 0.0527 e. The van der Waals surface area contributed by atoms with E-state index in [9.17, 15) is 0 Å². The van der Waals surface area contributed by atoms with Crippen molar-refractivity contribution in [1.29, 1.82) is 0 Å². The summed E-state index contributed by atoms with van der Waals surface area (Å²) in [6.07, 6.45) is 8.60. The highest BCUT2D eigenvalue weighted by Crippen LogP contribution is 2.62. The lowest BCUT2D eigenvalue weighted by molar-refractivity contribution is -0.0517. The number of rotatable bonds is 2. The van der Waals surface area contributed by atoms with Crippen LogP contribution in [0.1, 0.15) is 38.5 Å². The standard InChI is InChI=1S/C12H18Cl2/c13-7-11(14)12-4-8-1-9(5-12)3-10(2-8)6-12/h8-11H,1-7H2. The Morgan fingerprint density at radius 2 is 1.43 bits per heavy atom. The molecule has 4 bridgehead atoms. The largest absolute Gasteiger partial charge is 0.125 e. The fraction of sp³-hybridized carbons (Fsp3) is 1.00. The van der Waals surface area contributed by atoms with Gasteiger partial charge in [-0.1, -0.05) is 0 Å². The monoisotopic (exact) mass is 232 g/mol. The molecule has 0 spiro atoms. The molecular weight excluding hydrogens is 215 g/mol. The lowest BCUT2D eigenvalue weighted by Crippen LogP contribution is -2.50. The van der Waals surface area contributed by atoms with Crippen molar-refractivity contribution in [2.45, 2.75) is 43.9 Å². The van der Waals surface area contributed by atoms with Crippen LogP contribution in [-0.2, 0) is 0 Å². The second-order valence-corrected chi connectivity index (χ2v) is 6.74. The fourth-order valence-electron chi connectivity index (χ4n) is 4.72. The molecule has 4 aliphatic carbocycles. The van der Waals surface area contributed by atoms with E-state index in [1.54, 1.807) is 0 Å². The van der Waals surface area contributed by atoms with Crippen molar-refractivity contribution in [3.8, 4) is 0 Å². The lowest BCUT2D eigenvalue weighted by atomic mass is 9.49. The van der Waals surface area contributed by atoms with Gasteiger partial charge >= 0.3 is 0 Å². The van der Waals surface area contributed by atoms with Crippen LogP contribution in [0.4, 0.5) is 0 Å². The van der Waals surface area contributed by atoms with Crippen molar-refractivity contribution in [3.05, 3.63) is 0 Å². The summed E-state index contributed by atoms with van der Waals surface area (Å²) >= 11 is 12.4. The van der Waals surface area contributed by atoms with Gasteiger partial charge < -0.3 is 0 Å². The first-order valence-electron chi connectivity index (χ1n) is 5.92. The molecule has 0 aromatic heterocycles. The van der Waals surface area contributed by atoms with Gasteiger partial charge in [-0.25, -0.2) is 0 Å². The minimum Gasteiger partial charge on any atom is -0.125 e. The van der Waals surface area contributed by atoms with Crippen molar-refractivity contribution in [3.63, 3.8) is 0 Å². The number of hydrogen-bond acceptors (Lipinski definition) is 0. The minimum absolute atomic E-state index is 0.234. The van der Waals surface area contributed by atoms with E-state index in [2.05, 4.69) is 0 Å². The van der Waals surface area contributed by atoms with Gasteiger partial charge in [0.25, 0.3) is 0 Å². The zero-order valence-electron chi connectivity index (χ0n) is 8.52. The maximum absolute atomic E-state index is 6.45. The molecular formula is C12H18Cl2. The molecule has 80 valence electrons. The molecule has 4 fully saturated rings. The highest BCUT2D eigenvalue weighted by molar-refractivity contribution is 6.28. The van der Waals surface area contributed by atoms with E-state index in [0.717, 1.165) is 17.8 Å². The average molecular weight is 233 g/mol. The third-order valence-corrected chi connectivity index (χ3v) is 5.97. The van der Waals surface area contributed by atoms with E-state index in [1.165, 1.54) is 38.5 Å². The van der Waals surface area contributed by atoms with E-state index in [4.69, 9.17) is 23.2 Å². The maximum atomic E-state index is 6.45. The van der Waals surface area contributed by atoms with Crippen LogP contribution in [0, 0.1) is 23.2 Å². The Labute approximate surface area is 96.3 Å².